The molecular weight excluding hydrogens is 232 g/mol. The van der Waals surface area contributed by atoms with Gasteiger partial charge in [0.2, 0.25) is 0 Å². The van der Waals surface area contributed by atoms with Crippen molar-refractivity contribution in [3.05, 3.63) is 36.0 Å². The number of aromatic nitrogens is 1. The van der Waals surface area contributed by atoms with Crippen LogP contribution in [-0.4, -0.2) is 11.1 Å². The molecule has 0 radical (unpaired) electrons. The quantitative estimate of drug-likeness (QED) is 0.622. The molecule has 100 valence electrons. The van der Waals surface area contributed by atoms with Crippen LogP contribution in [0.5, 0.6) is 0 Å². The van der Waals surface area contributed by atoms with Gasteiger partial charge in [0.05, 0.1) is 0 Å². The second kappa shape index (κ2) is 7.01. The number of unbranched alkanes of at least 4 members (excludes halogenated alkanes) is 1. The highest BCUT2D eigenvalue weighted by Gasteiger charge is 2.07. The molecular formula is C17H22N2. The molecule has 0 aliphatic carbocycles. The average Bonchev–Trinajstić information content (AvgIpc) is 2.79. The van der Waals surface area contributed by atoms with E-state index in [1.807, 2.05) is 6.92 Å². The first-order valence-corrected chi connectivity index (χ1v) is 7.03. The topological polar surface area (TPSA) is 30.9 Å². The first-order valence-electron chi connectivity index (χ1n) is 7.03. The molecule has 2 rings (SSSR count). The van der Waals surface area contributed by atoms with Gasteiger partial charge in [0.25, 0.3) is 0 Å². The summed E-state index contributed by atoms with van der Waals surface area (Å²) in [7, 11) is 0. The van der Waals surface area contributed by atoms with Crippen molar-refractivity contribution in [1.82, 2.24) is 4.57 Å². The van der Waals surface area contributed by atoms with Crippen LogP contribution in [0, 0.1) is 11.8 Å². The third-order valence-electron chi connectivity index (χ3n) is 3.43. The SMILES string of the molecule is CC#CCCn1cc(CCCCN)c2ccccc21. The summed E-state index contributed by atoms with van der Waals surface area (Å²) in [5.74, 6) is 6.09. The van der Waals surface area contributed by atoms with Gasteiger partial charge in [-0.25, -0.2) is 0 Å². The van der Waals surface area contributed by atoms with Crippen molar-refractivity contribution in [2.24, 2.45) is 5.73 Å². The van der Waals surface area contributed by atoms with Crippen molar-refractivity contribution < 1.29 is 0 Å². The van der Waals surface area contributed by atoms with Crippen LogP contribution in [0.3, 0.4) is 0 Å². The lowest BCUT2D eigenvalue weighted by atomic mass is 10.1. The van der Waals surface area contributed by atoms with E-state index in [4.69, 9.17) is 5.73 Å². The Morgan fingerprint density at radius 2 is 2.05 bits per heavy atom. The van der Waals surface area contributed by atoms with E-state index < -0.39 is 0 Å². The molecule has 0 atom stereocenters. The summed E-state index contributed by atoms with van der Waals surface area (Å²) < 4.78 is 2.33. The molecule has 0 saturated carbocycles. The van der Waals surface area contributed by atoms with Crippen molar-refractivity contribution in [3.8, 4) is 11.8 Å². The molecule has 1 aromatic carbocycles. The van der Waals surface area contributed by atoms with Gasteiger partial charge in [0, 0.05) is 30.1 Å². The zero-order valence-corrected chi connectivity index (χ0v) is 11.7. The first-order chi connectivity index (χ1) is 9.36. The predicted molar refractivity (Wildman–Crippen MR) is 82.0 cm³/mol. The lowest BCUT2D eigenvalue weighted by Crippen LogP contribution is -1.98. The van der Waals surface area contributed by atoms with Crippen LogP contribution < -0.4 is 5.73 Å². The van der Waals surface area contributed by atoms with Crippen LogP contribution in [0.15, 0.2) is 30.5 Å². The number of benzene rings is 1. The smallest absolute Gasteiger partial charge is 0.0483 e. The molecule has 0 saturated heterocycles. The van der Waals surface area contributed by atoms with Crippen LogP contribution in [-0.2, 0) is 13.0 Å². The van der Waals surface area contributed by atoms with Gasteiger partial charge >= 0.3 is 0 Å². The first kappa shape index (κ1) is 13.7. The summed E-state index contributed by atoms with van der Waals surface area (Å²) in [5.41, 5.74) is 8.33. The number of nitrogens with two attached hydrogens (primary N) is 1. The largest absolute Gasteiger partial charge is 0.346 e. The Labute approximate surface area is 115 Å². The van der Waals surface area contributed by atoms with Crippen molar-refractivity contribution >= 4 is 10.9 Å². The third kappa shape index (κ3) is 3.39. The zero-order valence-electron chi connectivity index (χ0n) is 11.7. The fraction of sp³-hybridized carbons (Fsp3) is 0.412. The van der Waals surface area contributed by atoms with E-state index >= 15 is 0 Å². The molecule has 0 fully saturated rings. The molecule has 0 bridgehead atoms. The minimum Gasteiger partial charge on any atom is -0.346 e. The molecule has 0 spiro atoms. The van der Waals surface area contributed by atoms with Crippen LogP contribution in [0.2, 0.25) is 0 Å². The number of hydrogen-bond acceptors (Lipinski definition) is 1. The second-order valence-electron chi connectivity index (χ2n) is 4.79. The molecule has 2 heteroatoms. The summed E-state index contributed by atoms with van der Waals surface area (Å²) >= 11 is 0. The highest BCUT2D eigenvalue weighted by molar-refractivity contribution is 5.83. The van der Waals surface area contributed by atoms with Crippen molar-refractivity contribution in [2.45, 2.75) is 39.2 Å². The zero-order chi connectivity index (χ0) is 13.5. The van der Waals surface area contributed by atoms with Crippen LogP contribution in [0.25, 0.3) is 10.9 Å². The van der Waals surface area contributed by atoms with Gasteiger partial charge in [0.15, 0.2) is 0 Å². The summed E-state index contributed by atoms with van der Waals surface area (Å²) in [6.07, 6.45) is 6.58. The van der Waals surface area contributed by atoms with Crippen molar-refractivity contribution in [1.29, 1.82) is 0 Å². The molecule has 0 unspecified atom stereocenters. The Balaban J connectivity index is 2.22. The van der Waals surface area contributed by atoms with E-state index in [0.29, 0.717) is 0 Å². The van der Waals surface area contributed by atoms with Gasteiger partial charge in [-0.15, -0.1) is 11.8 Å². The Bertz CT molecular complexity index is 584. The second-order valence-corrected chi connectivity index (χ2v) is 4.79. The summed E-state index contributed by atoms with van der Waals surface area (Å²) in [5, 5.41) is 1.38. The van der Waals surface area contributed by atoms with E-state index in [1.54, 1.807) is 0 Å². The molecule has 2 aromatic rings. The average molecular weight is 254 g/mol. The molecule has 0 amide bonds. The van der Waals surface area contributed by atoms with Gasteiger partial charge in [-0.3, -0.25) is 0 Å². The molecule has 1 heterocycles. The summed E-state index contributed by atoms with van der Waals surface area (Å²) in [6.45, 7) is 3.65. The van der Waals surface area contributed by atoms with Crippen molar-refractivity contribution in [2.75, 3.05) is 6.54 Å². The van der Waals surface area contributed by atoms with Crippen LogP contribution in [0.1, 0.15) is 31.7 Å². The highest BCUT2D eigenvalue weighted by Crippen LogP contribution is 2.23. The summed E-state index contributed by atoms with van der Waals surface area (Å²) in [6, 6.07) is 8.63. The number of rotatable bonds is 6. The highest BCUT2D eigenvalue weighted by atomic mass is 15.0. The van der Waals surface area contributed by atoms with Crippen LogP contribution in [0.4, 0.5) is 0 Å². The Morgan fingerprint density at radius 3 is 2.84 bits per heavy atom. The Morgan fingerprint density at radius 1 is 1.21 bits per heavy atom. The normalized spacial score (nSPS) is 10.4. The van der Waals surface area contributed by atoms with Crippen molar-refractivity contribution in [3.63, 3.8) is 0 Å². The standard InChI is InChI=1S/C17H22N2/c1-2-3-8-13-19-14-15(9-6-7-12-18)16-10-4-5-11-17(16)19/h4-5,10-11,14H,6-9,12-13,18H2,1H3. The molecule has 1 aromatic heterocycles. The fourth-order valence-corrected chi connectivity index (χ4v) is 2.47. The maximum atomic E-state index is 5.57. The fourth-order valence-electron chi connectivity index (χ4n) is 2.47. The van der Waals surface area contributed by atoms with Gasteiger partial charge < -0.3 is 10.3 Å². The van der Waals surface area contributed by atoms with Crippen LogP contribution >= 0.6 is 0 Å². The number of aryl methyl sites for hydroxylation is 2. The number of fused-ring (bicyclic) bond motifs is 1. The van der Waals surface area contributed by atoms with Gasteiger partial charge in [-0.2, -0.15) is 0 Å². The van der Waals surface area contributed by atoms with E-state index in [0.717, 1.165) is 32.4 Å². The Kier molecular flexibility index (Phi) is 5.06. The molecule has 2 N–H and O–H groups in total. The monoisotopic (exact) mass is 254 g/mol. The number of para-hydroxylation sites is 1. The minimum atomic E-state index is 0.782. The molecule has 0 aliphatic heterocycles. The molecule has 0 aliphatic rings. The number of hydrogen-bond donors (Lipinski definition) is 1. The van der Waals surface area contributed by atoms with E-state index in [2.05, 4.69) is 46.9 Å². The maximum absolute atomic E-state index is 5.57. The summed E-state index contributed by atoms with van der Waals surface area (Å²) in [4.78, 5) is 0. The maximum Gasteiger partial charge on any atom is 0.0483 e. The van der Waals surface area contributed by atoms with E-state index in [-0.39, 0.29) is 0 Å². The van der Waals surface area contributed by atoms with Gasteiger partial charge in [-0.05, 0) is 44.4 Å². The van der Waals surface area contributed by atoms with Gasteiger partial charge in [-0.1, -0.05) is 18.2 Å². The minimum absolute atomic E-state index is 0.782. The Hall–Kier alpha value is -1.72. The van der Waals surface area contributed by atoms with E-state index in [9.17, 15) is 0 Å². The van der Waals surface area contributed by atoms with Gasteiger partial charge in [0.1, 0.15) is 0 Å². The number of nitrogens with zero attached hydrogens (tertiary/aromatic N) is 1. The third-order valence-corrected chi connectivity index (χ3v) is 3.43. The molecule has 19 heavy (non-hydrogen) atoms. The molecule has 2 nitrogen and oxygen atoms in total. The predicted octanol–water partition coefficient (Wildman–Crippen LogP) is 3.34. The van der Waals surface area contributed by atoms with E-state index in [1.165, 1.54) is 22.9 Å². The lowest BCUT2D eigenvalue weighted by molar-refractivity contribution is 0.726. The lowest BCUT2D eigenvalue weighted by Gasteiger charge is -2.01.